The molecule has 0 radical (unpaired) electrons. The average Bonchev–Trinajstić information content (AvgIpc) is 2.53. The molecule has 1 heterocycles. The predicted octanol–water partition coefficient (Wildman–Crippen LogP) is -1.32. The fraction of sp³-hybridized carbons (Fsp3) is 0.286. The Hall–Kier alpha value is -2.05. The highest BCUT2D eigenvalue weighted by atomic mass is 16.4. The summed E-state index contributed by atoms with van der Waals surface area (Å²) in [5, 5.41) is 10.6. The molecule has 0 aliphatic carbocycles. The molecule has 7 nitrogen and oxygen atoms in total. The van der Waals surface area contributed by atoms with Crippen LogP contribution in [0.15, 0.2) is 6.33 Å². The number of rotatable bonds is 3. The van der Waals surface area contributed by atoms with Gasteiger partial charge in [0, 0.05) is 6.54 Å². The van der Waals surface area contributed by atoms with Gasteiger partial charge in [0.25, 0.3) is 5.91 Å². The fourth-order valence-corrected chi connectivity index (χ4v) is 1.04. The van der Waals surface area contributed by atoms with Crippen molar-refractivity contribution < 1.29 is 14.7 Å². The van der Waals surface area contributed by atoms with Gasteiger partial charge in [0.2, 0.25) is 0 Å². The van der Waals surface area contributed by atoms with E-state index in [1.807, 2.05) is 0 Å². The van der Waals surface area contributed by atoms with Crippen molar-refractivity contribution in [2.45, 2.75) is 6.92 Å². The lowest BCUT2D eigenvalue weighted by Crippen LogP contribution is -2.42. The van der Waals surface area contributed by atoms with Crippen molar-refractivity contribution in [3.05, 3.63) is 12.0 Å². The van der Waals surface area contributed by atoms with Crippen LogP contribution in [0.2, 0.25) is 0 Å². The van der Waals surface area contributed by atoms with Crippen molar-refractivity contribution in [2.24, 2.45) is 5.73 Å². The van der Waals surface area contributed by atoms with E-state index in [1.54, 1.807) is 6.92 Å². The zero-order chi connectivity index (χ0) is 10.7. The molecule has 1 rings (SSSR count). The van der Waals surface area contributed by atoms with Crippen molar-refractivity contribution in [2.75, 3.05) is 11.4 Å². The summed E-state index contributed by atoms with van der Waals surface area (Å²) in [6.07, 6.45) is -0.233. The van der Waals surface area contributed by atoms with E-state index in [9.17, 15) is 14.7 Å². The van der Waals surface area contributed by atoms with Crippen LogP contribution >= 0.6 is 0 Å². The lowest BCUT2D eigenvalue weighted by molar-refractivity contribution is -0.246. The molecule has 0 spiro atoms. The lowest BCUT2D eigenvalue weighted by atomic mass is 10.4. The van der Waals surface area contributed by atoms with Gasteiger partial charge in [0.1, 0.15) is 11.8 Å². The second-order valence-electron chi connectivity index (χ2n) is 2.48. The summed E-state index contributed by atoms with van der Waals surface area (Å²) in [7, 11) is 0. The molecule has 1 aromatic rings. The summed E-state index contributed by atoms with van der Waals surface area (Å²) in [4.78, 5) is 28.4. The average molecular weight is 197 g/mol. The Bertz CT molecular complexity index is 360. The molecular formula is C7H9N4O3-. The minimum Gasteiger partial charge on any atom is -0.530 e. The van der Waals surface area contributed by atoms with Gasteiger partial charge in [0.15, 0.2) is 5.82 Å². The highest BCUT2D eigenvalue weighted by Gasteiger charge is 2.16. The van der Waals surface area contributed by atoms with E-state index in [-0.39, 0.29) is 18.1 Å². The van der Waals surface area contributed by atoms with Crippen molar-refractivity contribution in [1.82, 2.24) is 9.97 Å². The van der Waals surface area contributed by atoms with Gasteiger partial charge < -0.3 is 25.5 Å². The van der Waals surface area contributed by atoms with Crippen molar-refractivity contribution in [3.8, 4) is 0 Å². The maximum absolute atomic E-state index is 10.8. The van der Waals surface area contributed by atoms with Crippen molar-refractivity contribution >= 4 is 17.8 Å². The number of H-pyrrole nitrogens is 1. The van der Waals surface area contributed by atoms with E-state index in [2.05, 4.69) is 9.97 Å². The normalized spacial score (nSPS) is 9.79. The first-order chi connectivity index (χ1) is 6.57. The number of amides is 2. The standard InChI is InChI=1S/C7H10N4O3/c1-2-11(7(13)14)6-4(5(8)12)9-3-10-6/h3H,2H2,1H3,(H2,8,12)(H,9,10)(H,13,14)/p-1. The van der Waals surface area contributed by atoms with Crippen LogP contribution in [0.1, 0.15) is 17.4 Å². The molecule has 0 aliphatic heterocycles. The molecule has 0 atom stereocenters. The summed E-state index contributed by atoms with van der Waals surface area (Å²) >= 11 is 0. The van der Waals surface area contributed by atoms with Gasteiger partial charge in [-0.1, -0.05) is 0 Å². The third-order valence-electron chi connectivity index (χ3n) is 1.66. The number of carbonyl (C=O) groups excluding carboxylic acids is 2. The maximum Gasteiger partial charge on any atom is 0.269 e. The molecule has 14 heavy (non-hydrogen) atoms. The van der Waals surface area contributed by atoms with E-state index in [0.717, 1.165) is 4.90 Å². The van der Waals surface area contributed by atoms with Crippen molar-refractivity contribution in [1.29, 1.82) is 0 Å². The van der Waals surface area contributed by atoms with Crippen molar-refractivity contribution in [3.63, 3.8) is 0 Å². The molecule has 0 aromatic carbocycles. The number of nitrogens with one attached hydrogen (secondary N) is 1. The van der Waals surface area contributed by atoms with Crippen LogP contribution in [-0.2, 0) is 0 Å². The molecular weight excluding hydrogens is 188 g/mol. The van der Waals surface area contributed by atoms with Crippen LogP contribution < -0.4 is 15.7 Å². The van der Waals surface area contributed by atoms with Crippen LogP contribution in [-0.4, -0.2) is 28.5 Å². The molecule has 0 aliphatic rings. The quantitative estimate of drug-likeness (QED) is 0.625. The van der Waals surface area contributed by atoms with Crippen LogP contribution in [0.3, 0.4) is 0 Å². The number of imidazole rings is 1. The zero-order valence-corrected chi connectivity index (χ0v) is 7.48. The topological polar surface area (TPSA) is 115 Å². The molecule has 0 bridgehead atoms. The lowest BCUT2D eigenvalue weighted by Gasteiger charge is -2.21. The van der Waals surface area contributed by atoms with Gasteiger partial charge in [-0.2, -0.15) is 0 Å². The largest absolute Gasteiger partial charge is 0.530 e. The Kier molecular flexibility index (Phi) is 2.70. The summed E-state index contributed by atoms with van der Waals surface area (Å²) in [5.41, 5.74) is 4.96. The second-order valence-corrected chi connectivity index (χ2v) is 2.48. The SMILES string of the molecule is CCN(C(=O)[O-])c1nc[nH]c1C(N)=O. The monoisotopic (exact) mass is 197 g/mol. The van der Waals surface area contributed by atoms with Crippen LogP contribution in [0.5, 0.6) is 0 Å². The smallest absolute Gasteiger partial charge is 0.269 e. The van der Waals surface area contributed by atoms with Crippen LogP contribution in [0.4, 0.5) is 10.6 Å². The number of aromatic amines is 1. The third kappa shape index (κ3) is 1.65. The summed E-state index contributed by atoms with van der Waals surface area (Å²) < 4.78 is 0. The van der Waals surface area contributed by atoms with Gasteiger partial charge in [-0.25, -0.2) is 4.98 Å². The van der Waals surface area contributed by atoms with Gasteiger partial charge in [-0.3, -0.25) is 4.79 Å². The first kappa shape index (κ1) is 10.0. The molecule has 0 unspecified atom stereocenters. The zero-order valence-electron chi connectivity index (χ0n) is 7.48. The molecule has 3 N–H and O–H groups in total. The van der Waals surface area contributed by atoms with Crippen LogP contribution in [0.25, 0.3) is 0 Å². The van der Waals surface area contributed by atoms with Crippen LogP contribution in [0, 0.1) is 0 Å². The highest BCUT2D eigenvalue weighted by Crippen LogP contribution is 2.14. The minimum atomic E-state index is -1.43. The van der Waals surface area contributed by atoms with E-state index in [0.29, 0.717) is 0 Å². The number of anilines is 1. The Morgan fingerprint density at radius 3 is 2.79 bits per heavy atom. The number of carbonyl (C=O) groups is 2. The van der Waals surface area contributed by atoms with E-state index in [1.165, 1.54) is 6.33 Å². The number of hydrogen-bond acceptors (Lipinski definition) is 4. The Balaban J connectivity index is 3.10. The Morgan fingerprint density at radius 1 is 1.71 bits per heavy atom. The first-order valence-electron chi connectivity index (χ1n) is 3.89. The van der Waals surface area contributed by atoms with Gasteiger partial charge >= 0.3 is 0 Å². The number of primary amides is 1. The summed E-state index contributed by atoms with van der Waals surface area (Å²) in [6.45, 7) is 1.72. The molecule has 0 fully saturated rings. The first-order valence-corrected chi connectivity index (χ1v) is 3.89. The number of carboxylic acid groups (broad SMARTS) is 1. The summed E-state index contributed by atoms with van der Waals surface area (Å²) in [5.74, 6) is -0.794. The molecule has 76 valence electrons. The van der Waals surface area contributed by atoms with Gasteiger partial charge in [0.05, 0.1) is 6.33 Å². The van der Waals surface area contributed by atoms with Gasteiger partial charge in [-0.15, -0.1) is 0 Å². The molecule has 0 saturated heterocycles. The Morgan fingerprint density at radius 2 is 2.36 bits per heavy atom. The predicted molar refractivity (Wildman–Crippen MR) is 45.5 cm³/mol. The number of nitrogens with two attached hydrogens (primary N) is 1. The fourth-order valence-electron chi connectivity index (χ4n) is 1.04. The van der Waals surface area contributed by atoms with Gasteiger partial charge in [-0.05, 0) is 6.92 Å². The third-order valence-corrected chi connectivity index (χ3v) is 1.66. The number of hydrogen-bond donors (Lipinski definition) is 2. The molecule has 2 amide bonds. The number of nitrogens with zero attached hydrogens (tertiary/aromatic N) is 2. The Labute approximate surface area is 79.5 Å². The highest BCUT2D eigenvalue weighted by molar-refractivity contribution is 5.99. The molecule has 1 aromatic heterocycles. The van der Waals surface area contributed by atoms with E-state index in [4.69, 9.17) is 5.73 Å². The van der Waals surface area contributed by atoms with E-state index >= 15 is 0 Å². The minimum absolute atomic E-state index is 0.0278. The second kappa shape index (κ2) is 3.77. The molecule has 7 heteroatoms. The number of aromatic nitrogens is 2. The van der Waals surface area contributed by atoms with E-state index < -0.39 is 12.0 Å². The summed E-state index contributed by atoms with van der Waals surface area (Å²) in [6, 6.07) is 0. The molecule has 0 saturated carbocycles. The maximum atomic E-state index is 10.8.